The van der Waals surface area contributed by atoms with Gasteiger partial charge in [0, 0.05) is 5.54 Å². The molecule has 0 aliphatic rings. The minimum atomic E-state index is 1.13. The zero-order valence-corrected chi connectivity index (χ0v) is 6.29. The topological polar surface area (TPSA) is 0 Å². The molecular weight excluding hydrogens is 120 g/mol. The van der Waals surface area contributed by atoms with Gasteiger partial charge in [-0.15, -0.1) is 0 Å². The van der Waals surface area contributed by atoms with E-state index in [0.29, 0.717) is 0 Å². The lowest BCUT2D eigenvalue weighted by Crippen LogP contribution is -1.73. The summed E-state index contributed by atoms with van der Waals surface area (Å²) in [7, 11) is 0. The predicted octanol–water partition coefficient (Wildman–Crippen LogP) is 3.10. The quantitative estimate of drug-likeness (QED) is 0.479. The van der Waals surface area contributed by atoms with Crippen molar-refractivity contribution in [1.82, 2.24) is 0 Å². The van der Waals surface area contributed by atoms with Crippen molar-refractivity contribution in [1.29, 1.82) is 0 Å². The van der Waals surface area contributed by atoms with Gasteiger partial charge < -0.3 is 0 Å². The molecule has 0 aliphatic carbocycles. The minimum Gasteiger partial charge on any atom is -0.0927 e. The molecule has 0 amide bonds. The summed E-state index contributed by atoms with van der Waals surface area (Å²) in [6, 6.07) is 0. The van der Waals surface area contributed by atoms with E-state index in [-0.39, 0.29) is 0 Å². The lowest BCUT2D eigenvalue weighted by molar-refractivity contribution is 1.34. The van der Waals surface area contributed by atoms with Crippen molar-refractivity contribution in [3.05, 3.63) is 22.8 Å². The lowest BCUT2D eigenvalue weighted by Gasteiger charge is -1.94. The highest BCUT2D eigenvalue weighted by molar-refractivity contribution is 6.25. The highest BCUT2D eigenvalue weighted by atomic mass is 35.5. The van der Waals surface area contributed by atoms with E-state index < -0.39 is 0 Å². The van der Waals surface area contributed by atoms with Gasteiger partial charge >= 0.3 is 0 Å². The Morgan fingerprint density at radius 2 is 1.75 bits per heavy atom. The van der Waals surface area contributed by atoms with E-state index in [9.17, 15) is 0 Å². The Morgan fingerprint density at radius 3 is 1.88 bits per heavy atom. The van der Waals surface area contributed by atoms with E-state index in [0.717, 1.165) is 5.57 Å². The Morgan fingerprint density at radius 1 is 1.25 bits per heavy atom. The van der Waals surface area contributed by atoms with Gasteiger partial charge in [-0.2, -0.15) is 0 Å². The Balaban J connectivity index is 4.04. The standard InChI is InChI=1S/C7H11Cl/c1-4-6(2)7(3)5-8/h4-5H,1-3H3. The first-order valence-corrected chi connectivity index (χ1v) is 3.06. The molecule has 0 spiro atoms. The van der Waals surface area contributed by atoms with Crippen LogP contribution >= 0.6 is 11.6 Å². The molecule has 0 aliphatic heterocycles. The second-order valence-corrected chi connectivity index (χ2v) is 1.98. The maximum Gasteiger partial charge on any atom is 0.00742 e. The van der Waals surface area contributed by atoms with Gasteiger partial charge in [0.1, 0.15) is 0 Å². The van der Waals surface area contributed by atoms with Crippen molar-refractivity contribution in [2.45, 2.75) is 20.8 Å². The minimum absolute atomic E-state index is 1.13. The number of rotatable bonds is 1. The molecule has 0 rings (SSSR count). The van der Waals surface area contributed by atoms with E-state index >= 15 is 0 Å². The molecule has 0 heterocycles. The summed E-state index contributed by atoms with van der Waals surface area (Å²) in [5.41, 5.74) is 3.96. The van der Waals surface area contributed by atoms with Gasteiger partial charge in [0.15, 0.2) is 0 Å². The van der Waals surface area contributed by atoms with E-state index in [1.165, 1.54) is 5.57 Å². The molecule has 8 heavy (non-hydrogen) atoms. The van der Waals surface area contributed by atoms with Crippen molar-refractivity contribution in [2.24, 2.45) is 0 Å². The monoisotopic (exact) mass is 130 g/mol. The first kappa shape index (κ1) is 7.77. The van der Waals surface area contributed by atoms with Gasteiger partial charge in [-0.3, -0.25) is 0 Å². The zero-order valence-electron chi connectivity index (χ0n) is 5.53. The Labute approximate surface area is 55.9 Å². The Bertz CT molecular complexity index is 104. The van der Waals surface area contributed by atoms with Crippen molar-refractivity contribution < 1.29 is 0 Å². The van der Waals surface area contributed by atoms with E-state index in [1.807, 2.05) is 26.8 Å². The lowest BCUT2D eigenvalue weighted by atomic mass is 10.1. The molecule has 0 aromatic heterocycles. The number of allylic oxidation sites excluding steroid dienone is 3. The third-order valence-corrected chi connectivity index (χ3v) is 1.55. The number of halogens is 1. The zero-order chi connectivity index (χ0) is 6.57. The molecule has 0 nitrogen and oxygen atoms in total. The summed E-state index contributed by atoms with van der Waals surface area (Å²) in [6.45, 7) is 6.02. The van der Waals surface area contributed by atoms with Crippen LogP contribution in [0.5, 0.6) is 0 Å². The molecule has 0 N–H and O–H groups in total. The highest BCUT2D eigenvalue weighted by Gasteiger charge is 1.85. The third-order valence-electron chi connectivity index (χ3n) is 1.22. The summed E-state index contributed by atoms with van der Waals surface area (Å²) in [6.07, 6.45) is 2.04. The van der Waals surface area contributed by atoms with Gasteiger partial charge in [-0.25, -0.2) is 0 Å². The molecular formula is C7H11Cl. The molecule has 1 heteroatoms. The van der Waals surface area contributed by atoms with Crippen LogP contribution < -0.4 is 0 Å². The molecule has 0 unspecified atom stereocenters. The molecule has 0 aromatic rings. The van der Waals surface area contributed by atoms with Crippen molar-refractivity contribution in [3.8, 4) is 0 Å². The molecule has 0 aromatic carbocycles. The normalized spacial score (nSPS) is 14.5. The summed E-state index contributed by atoms with van der Waals surface area (Å²) in [5.74, 6) is 0. The summed E-state index contributed by atoms with van der Waals surface area (Å²) < 4.78 is 0. The maximum absolute atomic E-state index is 5.42. The molecule has 0 bridgehead atoms. The molecule has 0 saturated carbocycles. The van der Waals surface area contributed by atoms with Crippen LogP contribution in [-0.4, -0.2) is 0 Å². The van der Waals surface area contributed by atoms with Gasteiger partial charge in [0.25, 0.3) is 0 Å². The van der Waals surface area contributed by atoms with Crippen LogP contribution in [0.4, 0.5) is 0 Å². The maximum atomic E-state index is 5.42. The average molecular weight is 131 g/mol. The van der Waals surface area contributed by atoms with Crippen molar-refractivity contribution >= 4 is 11.6 Å². The van der Waals surface area contributed by atoms with Crippen LogP contribution in [0.2, 0.25) is 0 Å². The SMILES string of the molecule is CC=C(C)C(C)=CCl. The van der Waals surface area contributed by atoms with Crippen LogP contribution in [0.25, 0.3) is 0 Å². The molecule has 0 radical (unpaired) electrons. The summed E-state index contributed by atoms with van der Waals surface area (Å²) >= 11 is 5.42. The smallest absolute Gasteiger partial charge is 0.00742 e. The fraction of sp³-hybridized carbons (Fsp3) is 0.429. The second kappa shape index (κ2) is 3.73. The summed E-state index contributed by atoms with van der Waals surface area (Å²) in [4.78, 5) is 0. The largest absolute Gasteiger partial charge is 0.0927 e. The number of hydrogen-bond acceptors (Lipinski definition) is 0. The van der Waals surface area contributed by atoms with Crippen LogP contribution in [0.3, 0.4) is 0 Å². The summed E-state index contributed by atoms with van der Waals surface area (Å²) in [5, 5.41) is 0. The van der Waals surface area contributed by atoms with Gasteiger partial charge in [-0.05, 0) is 26.3 Å². The van der Waals surface area contributed by atoms with Gasteiger partial charge in [-0.1, -0.05) is 23.3 Å². The van der Waals surface area contributed by atoms with Crippen LogP contribution in [0.15, 0.2) is 22.8 Å². The van der Waals surface area contributed by atoms with Crippen LogP contribution in [0, 0.1) is 0 Å². The predicted molar refractivity (Wildman–Crippen MR) is 39.0 cm³/mol. The van der Waals surface area contributed by atoms with E-state index in [1.54, 1.807) is 5.54 Å². The van der Waals surface area contributed by atoms with Crippen LogP contribution in [0.1, 0.15) is 20.8 Å². The van der Waals surface area contributed by atoms with Crippen molar-refractivity contribution in [2.75, 3.05) is 0 Å². The molecule has 0 saturated heterocycles. The fourth-order valence-electron chi connectivity index (χ4n) is 0.314. The number of hydrogen-bond donors (Lipinski definition) is 0. The van der Waals surface area contributed by atoms with Crippen molar-refractivity contribution in [3.63, 3.8) is 0 Å². The first-order chi connectivity index (χ1) is 3.72. The second-order valence-electron chi connectivity index (χ2n) is 1.76. The molecule has 0 atom stereocenters. The van der Waals surface area contributed by atoms with Gasteiger partial charge in [0.2, 0.25) is 0 Å². The van der Waals surface area contributed by atoms with Gasteiger partial charge in [0.05, 0.1) is 0 Å². The Hall–Kier alpha value is -0.230. The fourth-order valence-corrected chi connectivity index (χ4v) is 0.486. The van der Waals surface area contributed by atoms with E-state index in [4.69, 9.17) is 11.6 Å². The first-order valence-electron chi connectivity index (χ1n) is 2.62. The third kappa shape index (κ3) is 2.17. The van der Waals surface area contributed by atoms with E-state index in [2.05, 4.69) is 0 Å². The highest BCUT2D eigenvalue weighted by Crippen LogP contribution is 2.07. The molecule has 46 valence electrons. The van der Waals surface area contributed by atoms with Crippen LogP contribution in [-0.2, 0) is 0 Å². The molecule has 0 fully saturated rings. The Kier molecular flexibility index (Phi) is 3.63. The average Bonchev–Trinajstić information content (AvgIpc) is 1.84.